The van der Waals surface area contributed by atoms with Crippen LogP contribution >= 0.6 is 11.3 Å². The summed E-state index contributed by atoms with van der Waals surface area (Å²) in [6, 6.07) is 11.8. The molecular formula is C17H14N4O2S. The van der Waals surface area contributed by atoms with E-state index in [9.17, 15) is 4.79 Å². The first-order chi connectivity index (χ1) is 11.6. The molecule has 0 aliphatic rings. The normalized spacial score (nSPS) is 10.5. The van der Waals surface area contributed by atoms with Crippen LogP contribution < -0.4 is 0 Å². The highest BCUT2D eigenvalue weighted by Gasteiger charge is 2.23. The first kappa shape index (κ1) is 17.3. The van der Waals surface area contributed by atoms with Crippen molar-refractivity contribution in [3.05, 3.63) is 41.5 Å². The number of hydrogen-bond donors (Lipinski definition) is 0. The Morgan fingerprint density at radius 1 is 1.29 bits per heavy atom. The van der Waals surface area contributed by atoms with Crippen molar-refractivity contribution in [1.29, 1.82) is 10.5 Å². The number of rotatable bonds is 5. The number of carbonyl (C=O) groups excluding carboxylic acids is 1. The van der Waals surface area contributed by atoms with Crippen LogP contribution in [0, 0.1) is 29.6 Å². The molecule has 0 atom stereocenters. The number of carbonyl (C=O) groups is 1. The Balaban J connectivity index is 2.55. The molecule has 6 nitrogen and oxygen atoms in total. The average Bonchev–Trinajstić information content (AvgIpc) is 2.93. The zero-order valence-corrected chi connectivity index (χ0v) is 14.0. The number of esters is 1. The molecule has 7 heteroatoms. The second kappa shape index (κ2) is 8.00. The number of hydrogen-bond acceptors (Lipinski definition) is 7. The molecule has 2 aromatic rings. The topological polar surface area (TPSA) is 98.6 Å². The van der Waals surface area contributed by atoms with E-state index in [1.54, 1.807) is 19.1 Å². The molecular weight excluding hydrogens is 324 g/mol. The van der Waals surface area contributed by atoms with Gasteiger partial charge in [0.1, 0.15) is 17.7 Å². The lowest BCUT2D eigenvalue weighted by Crippen LogP contribution is -2.05. The van der Waals surface area contributed by atoms with Crippen LogP contribution in [0.4, 0.5) is 5.00 Å². The van der Waals surface area contributed by atoms with Gasteiger partial charge in [0.05, 0.1) is 6.61 Å². The summed E-state index contributed by atoms with van der Waals surface area (Å²) in [5.41, 5.74) is 2.01. The van der Waals surface area contributed by atoms with E-state index in [4.69, 9.17) is 15.3 Å². The van der Waals surface area contributed by atoms with Crippen molar-refractivity contribution >= 4 is 22.3 Å². The number of nitrogens with zero attached hydrogens (tertiary/aromatic N) is 4. The molecule has 24 heavy (non-hydrogen) atoms. The third-order valence-electron chi connectivity index (χ3n) is 3.15. The molecule has 0 N–H and O–H groups in total. The molecule has 0 amide bonds. The number of thiophene rings is 1. The van der Waals surface area contributed by atoms with Gasteiger partial charge in [-0.15, -0.1) is 16.5 Å². The van der Waals surface area contributed by atoms with Crippen LogP contribution in [0.2, 0.25) is 0 Å². The lowest BCUT2D eigenvalue weighted by atomic mass is 10.1. The van der Waals surface area contributed by atoms with E-state index in [1.807, 2.05) is 37.3 Å². The first-order valence-corrected chi connectivity index (χ1v) is 8.00. The first-order valence-electron chi connectivity index (χ1n) is 7.18. The fourth-order valence-electron chi connectivity index (χ4n) is 2.07. The Hall–Kier alpha value is -3.03. The van der Waals surface area contributed by atoms with Crippen molar-refractivity contribution in [3.63, 3.8) is 0 Å². The lowest BCUT2D eigenvalue weighted by molar-refractivity contribution is 0.0527. The highest BCUT2D eigenvalue weighted by molar-refractivity contribution is 7.19. The Morgan fingerprint density at radius 3 is 2.54 bits per heavy atom. The summed E-state index contributed by atoms with van der Waals surface area (Å²) in [5, 5.41) is 25.6. The van der Waals surface area contributed by atoms with Crippen molar-refractivity contribution in [2.24, 2.45) is 10.2 Å². The third kappa shape index (κ3) is 3.65. The highest BCUT2D eigenvalue weighted by Crippen LogP contribution is 2.42. The van der Waals surface area contributed by atoms with Gasteiger partial charge in [-0.25, -0.2) is 4.79 Å². The zero-order chi connectivity index (χ0) is 17.5. The maximum absolute atomic E-state index is 12.3. The molecule has 1 aromatic heterocycles. The van der Waals surface area contributed by atoms with E-state index in [2.05, 4.69) is 10.2 Å². The molecule has 0 saturated heterocycles. The summed E-state index contributed by atoms with van der Waals surface area (Å²) in [7, 11) is 0. The van der Waals surface area contributed by atoms with Gasteiger partial charge in [-0.2, -0.15) is 15.6 Å². The Kier molecular flexibility index (Phi) is 5.78. The van der Waals surface area contributed by atoms with Gasteiger partial charge in [-0.1, -0.05) is 30.3 Å². The number of benzene rings is 1. The molecule has 0 unspecified atom stereocenters. The molecule has 1 aromatic carbocycles. The van der Waals surface area contributed by atoms with Gasteiger partial charge in [0.15, 0.2) is 5.00 Å². The van der Waals surface area contributed by atoms with Gasteiger partial charge < -0.3 is 4.74 Å². The molecule has 120 valence electrons. The zero-order valence-electron chi connectivity index (χ0n) is 13.2. The summed E-state index contributed by atoms with van der Waals surface area (Å²) in [6.07, 6.45) is 0. The minimum Gasteiger partial charge on any atom is -0.462 e. The SMILES string of the molecule is CCOC(=O)c1c(N=NC(C#N)C#N)sc(-c2ccccc2)c1C. The van der Waals surface area contributed by atoms with Crippen molar-refractivity contribution in [2.45, 2.75) is 19.9 Å². The minimum atomic E-state index is -1.21. The number of azo groups is 1. The summed E-state index contributed by atoms with van der Waals surface area (Å²) in [5.74, 6) is -0.493. The quantitative estimate of drug-likeness (QED) is 0.596. The van der Waals surface area contributed by atoms with Crippen LogP contribution in [0.5, 0.6) is 0 Å². The molecule has 0 radical (unpaired) electrons. The number of nitriles is 2. The molecule has 0 aliphatic carbocycles. The van der Waals surface area contributed by atoms with Gasteiger partial charge in [0.25, 0.3) is 0 Å². The monoisotopic (exact) mass is 338 g/mol. The second-order valence-corrected chi connectivity index (χ2v) is 5.70. The molecule has 0 aliphatic heterocycles. The number of ether oxygens (including phenoxy) is 1. The summed E-state index contributed by atoms with van der Waals surface area (Å²) in [4.78, 5) is 13.1. The average molecular weight is 338 g/mol. The predicted octanol–water partition coefficient (Wildman–Crippen LogP) is 4.40. The molecule has 2 rings (SSSR count). The van der Waals surface area contributed by atoms with Gasteiger partial charge >= 0.3 is 5.97 Å². The van der Waals surface area contributed by atoms with Crippen LogP contribution in [0.3, 0.4) is 0 Å². The van der Waals surface area contributed by atoms with E-state index in [1.165, 1.54) is 11.3 Å². The standard InChI is InChI=1S/C17H14N4O2S/c1-3-23-17(22)14-11(2)15(12-7-5-4-6-8-12)24-16(14)21-20-13(9-18)10-19/h4-8,13H,3H2,1-2H3. The van der Waals surface area contributed by atoms with E-state index in [0.717, 1.165) is 16.0 Å². The van der Waals surface area contributed by atoms with E-state index in [-0.39, 0.29) is 6.61 Å². The van der Waals surface area contributed by atoms with Crippen LogP contribution in [-0.4, -0.2) is 18.6 Å². The maximum atomic E-state index is 12.3. The van der Waals surface area contributed by atoms with Crippen LogP contribution in [0.15, 0.2) is 40.6 Å². The van der Waals surface area contributed by atoms with E-state index < -0.39 is 12.0 Å². The van der Waals surface area contributed by atoms with Gasteiger partial charge in [0, 0.05) is 4.88 Å². The highest BCUT2D eigenvalue weighted by atomic mass is 32.1. The van der Waals surface area contributed by atoms with Gasteiger partial charge in [0.2, 0.25) is 6.04 Å². The van der Waals surface area contributed by atoms with Crippen molar-refractivity contribution in [3.8, 4) is 22.6 Å². The molecule has 0 saturated carbocycles. The fourth-order valence-corrected chi connectivity index (χ4v) is 3.20. The van der Waals surface area contributed by atoms with Gasteiger partial charge in [-0.05, 0) is 25.0 Å². The summed E-state index contributed by atoms with van der Waals surface area (Å²) < 4.78 is 5.09. The molecule has 0 bridgehead atoms. The largest absolute Gasteiger partial charge is 0.462 e. The Bertz CT molecular complexity index is 830. The van der Waals surface area contributed by atoms with Crippen molar-refractivity contribution in [2.75, 3.05) is 6.61 Å². The third-order valence-corrected chi connectivity index (χ3v) is 4.38. The summed E-state index contributed by atoms with van der Waals surface area (Å²) in [6.45, 7) is 3.78. The molecule has 0 spiro atoms. The lowest BCUT2D eigenvalue weighted by Gasteiger charge is -2.03. The van der Waals surface area contributed by atoms with Gasteiger partial charge in [-0.3, -0.25) is 0 Å². The van der Waals surface area contributed by atoms with Crippen molar-refractivity contribution < 1.29 is 9.53 Å². The fraction of sp³-hybridized carbons (Fsp3) is 0.235. The molecule has 1 heterocycles. The maximum Gasteiger partial charge on any atom is 0.341 e. The minimum absolute atomic E-state index is 0.240. The molecule has 0 fully saturated rings. The Morgan fingerprint density at radius 2 is 1.96 bits per heavy atom. The predicted molar refractivity (Wildman–Crippen MR) is 90.0 cm³/mol. The van der Waals surface area contributed by atoms with E-state index >= 15 is 0 Å². The smallest absolute Gasteiger partial charge is 0.341 e. The van der Waals surface area contributed by atoms with Crippen molar-refractivity contribution in [1.82, 2.24) is 0 Å². The van der Waals surface area contributed by atoms with Crippen LogP contribution in [-0.2, 0) is 4.74 Å². The Labute approximate surface area is 143 Å². The van der Waals surface area contributed by atoms with E-state index in [0.29, 0.717) is 10.6 Å². The second-order valence-electron chi connectivity index (χ2n) is 4.70. The van der Waals surface area contributed by atoms with Crippen LogP contribution in [0.1, 0.15) is 22.8 Å². The summed E-state index contributed by atoms with van der Waals surface area (Å²) >= 11 is 1.28. The van der Waals surface area contributed by atoms with Crippen LogP contribution in [0.25, 0.3) is 10.4 Å².